The molecular weight excluding hydrogens is 745 g/mol. The molecule has 0 fully saturated rings. The highest BCUT2D eigenvalue weighted by molar-refractivity contribution is 6.05. The lowest BCUT2D eigenvalue weighted by Gasteiger charge is -2.14. The summed E-state index contributed by atoms with van der Waals surface area (Å²) in [4.78, 5) is 24.8. The van der Waals surface area contributed by atoms with Crippen LogP contribution in [-0.2, 0) is 0 Å². The van der Waals surface area contributed by atoms with Gasteiger partial charge in [0.25, 0.3) is 0 Å². The first-order valence-corrected chi connectivity index (χ1v) is 20.3. The van der Waals surface area contributed by atoms with E-state index in [0.29, 0.717) is 17.5 Å². The minimum Gasteiger partial charge on any atom is -0.291 e. The van der Waals surface area contributed by atoms with Crippen LogP contribution in [0, 0.1) is 0 Å². The second kappa shape index (κ2) is 15.4. The van der Waals surface area contributed by atoms with Gasteiger partial charge in [-0.05, 0) is 80.6 Å². The smallest absolute Gasteiger partial charge is 0.164 e. The van der Waals surface area contributed by atoms with Crippen molar-refractivity contribution in [2.75, 3.05) is 0 Å². The van der Waals surface area contributed by atoms with Crippen LogP contribution in [-0.4, -0.2) is 29.5 Å². The minimum absolute atomic E-state index is 0.623. The third-order valence-corrected chi connectivity index (χ3v) is 11.2. The number of hydrogen-bond acceptors (Lipinski definition) is 5. The van der Waals surface area contributed by atoms with Crippen LogP contribution in [0.25, 0.3) is 107 Å². The molecule has 0 aliphatic rings. The summed E-state index contributed by atoms with van der Waals surface area (Å²) >= 11 is 0. The summed E-state index contributed by atoms with van der Waals surface area (Å²) in [7, 11) is 0. The summed E-state index contributed by atoms with van der Waals surface area (Å²) in [6, 6.07) is 73.4. The maximum absolute atomic E-state index is 5.11. The molecule has 11 aromatic rings. The van der Waals surface area contributed by atoms with E-state index in [1.165, 1.54) is 16.3 Å². The van der Waals surface area contributed by atoms with Crippen LogP contribution >= 0.6 is 0 Å². The molecule has 0 unspecified atom stereocenters. The lowest BCUT2D eigenvalue weighted by atomic mass is 9.92. The van der Waals surface area contributed by atoms with Crippen LogP contribution in [0.5, 0.6) is 0 Å². The lowest BCUT2D eigenvalue weighted by molar-refractivity contribution is 1.07. The molecule has 0 spiro atoms. The highest BCUT2D eigenvalue weighted by atomic mass is 15.1. The normalized spacial score (nSPS) is 11.3. The maximum atomic E-state index is 5.11. The third kappa shape index (κ3) is 6.72. The fourth-order valence-electron chi connectivity index (χ4n) is 8.24. The maximum Gasteiger partial charge on any atom is 0.164 e. The van der Waals surface area contributed by atoms with Crippen LogP contribution in [0.3, 0.4) is 0 Å². The first kappa shape index (κ1) is 35.8. The van der Waals surface area contributed by atoms with Crippen molar-refractivity contribution in [3.63, 3.8) is 0 Å². The van der Waals surface area contributed by atoms with E-state index < -0.39 is 0 Å². The van der Waals surface area contributed by atoms with Gasteiger partial charge in [-0.1, -0.05) is 176 Å². The Balaban J connectivity index is 0.951. The van der Waals surface area contributed by atoms with Gasteiger partial charge in [-0.3, -0.25) is 9.55 Å². The molecule has 0 aliphatic carbocycles. The standard InChI is InChI=1S/C55H36N6/c1-3-15-37(16-4-1)43-19-7-10-22-48(43)54-59-52(40-17-5-2-6-18-40)58-53(60-54)41-28-26-38(27-29-41)44-34-35-45(47-21-9-8-20-46(44)47)39-30-32-42(33-31-39)61-51-25-12-11-23-49(51)57-55(61)50-24-13-14-36-56-50/h1-36H. The molecule has 3 heterocycles. The van der Waals surface area contributed by atoms with E-state index in [-0.39, 0.29) is 0 Å². The summed E-state index contributed by atoms with van der Waals surface area (Å²) in [5, 5.41) is 2.37. The van der Waals surface area contributed by atoms with Crippen LogP contribution in [0.4, 0.5) is 0 Å². The fourth-order valence-corrected chi connectivity index (χ4v) is 8.24. The van der Waals surface area contributed by atoms with Crippen LogP contribution < -0.4 is 0 Å². The zero-order valence-electron chi connectivity index (χ0n) is 33.0. The molecule has 8 aromatic carbocycles. The van der Waals surface area contributed by atoms with Crippen molar-refractivity contribution < 1.29 is 0 Å². The molecule has 0 aliphatic heterocycles. The van der Waals surface area contributed by atoms with Gasteiger partial charge in [0.1, 0.15) is 5.69 Å². The van der Waals surface area contributed by atoms with Gasteiger partial charge in [-0.2, -0.15) is 0 Å². The molecule has 0 amide bonds. The number of benzene rings is 8. The molecule has 6 heteroatoms. The Bertz CT molecular complexity index is 3330. The third-order valence-electron chi connectivity index (χ3n) is 11.2. The van der Waals surface area contributed by atoms with Crippen molar-refractivity contribution in [1.29, 1.82) is 0 Å². The van der Waals surface area contributed by atoms with Crippen molar-refractivity contribution in [2.24, 2.45) is 0 Å². The number of rotatable bonds is 8. The van der Waals surface area contributed by atoms with Gasteiger partial charge < -0.3 is 0 Å². The number of hydrogen-bond donors (Lipinski definition) is 0. The Kier molecular flexibility index (Phi) is 9.06. The van der Waals surface area contributed by atoms with Gasteiger partial charge in [-0.25, -0.2) is 19.9 Å². The first-order chi connectivity index (χ1) is 30.2. The van der Waals surface area contributed by atoms with Crippen molar-refractivity contribution in [1.82, 2.24) is 29.5 Å². The van der Waals surface area contributed by atoms with Gasteiger partial charge in [0.2, 0.25) is 0 Å². The Morgan fingerprint density at radius 2 is 0.803 bits per heavy atom. The Morgan fingerprint density at radius 3 is 1.46 bits per heavy atom. The van der Waals surface area contributed by atoms with E-state index in [2.05, 4.69) is 149 Å². The van der Waals surface area contributed by atoms with E-state index in [1.807, 2.05) is 79.0 Å². The Hall–Kier alpha value is -8.35. The van der Waals surface area contributed by atoms with Gasteiger partial charge >= 0.3 is 0 Å². The zero-order valence-corrected chi connectivity index (χ0v) is 33.0. The van der Waals surface area contributed by atoms with Gasteiger partial charge in [0.15, 0.2) is 23.3 Å². The minimum atomic E-state index is 0.623. The zero-order chi connectivity index (χ0) is 40.5. The molecular formula is C55H36N6. The topological polar surface area (TPSA) is 69.4 Å². The lowest BCUT2D eigenvalue weighted by Crippen LogP contribution is -2.01. The van der Waals surface area contributed by atoms with E-state index in [9.17, 15) is 0 Å². The molecule has 3 aromatic heterocycles. The fraction of sp³-hybridized carbons (Fsp3) is 0. The summed E-state index contributed by atoms with van der Waals surface area (Å²) in [5.41, 5.74) is 13.4. The monoisotopic (exact) mass is 780 g/mol. The van der Waals surface area contributed by atoms with E-state index >= 15 is 0 Å². The van der Waals surface area contributed by atoms with E-state index in [1.54, 1.807) is 0 Å². The van der Waals surface area contributed by atoms with Crippen molar-refractivity contribution >= 4 is 21.8 Å². The molecule has 6 nitrogen and oxygen atoms in total. The molecule has 0 atom stereocenters. The van der Waals surface area contributed by atoms with Gasteiger partial charge in [0, 0.05) is 28.6 Å². The summed E-state index contributed by atoms with van der Waals surface area (Å²) in [5.74, 6) is 2.71. The summed E-state index contributed by atoms with van der Waals surface area (Å²) < 4.78 is 2.19. The Labute approximate surface area is 353 Å². The number of fused-ring (bicyclic) bond motifs is 2. The average molecular weight is 781 g/mol. The number of imidazole rings is 1. The number of pyridine rings is 1. The molecule has 0 radical (unpaired) electrons. The van der Waals surface area contributed by atoms with Crippen LogP contribution in [0.2, 0.25) is 0 Å². The number of aromatic nitrogens is 6. The number of para-hydroxylation sites is 2. The van der Waals surface area contributed by atoms with Gasteiger partial charge in [0.05, 0.1) is 11.0 Å². The highest BCUT2D eigenvalue weighted by Gasteiger charge is 2.18. The highest BCUT2D eigenvalue weighted by Crippen LogP contribution is 2.38. The number of nitrogens with zero attached hydrogens (tertiary/aromatic N) is 6. The molecule has 0 saturated heterocycles. The quantitative estimate of drug-likeness (QED) is 0.154. The summed E-state index contributed by atoms with van der Waals surface area (Å²) in [6.07, 6.45) is 1.81. The molecule has 11 rings (SSSR count). The second-order valence-electron chi connectivity index (χ2n) is 14.9. The summed E-state index contributed by atoms with van der Waals surface area (Å²) in [6.45, 7) is 0. The molecule has 61 heavy (non-hydrogen) atoms. The molecule has 0 saturated carbocycles. The van der Waals surface area contributed by atoms with Crippen molar-refractivity contribution in [3.8, 4) is 84.7 Å². The molecule has 286 valence electrons. The van der Waals surface area contributed by atoms with Gasteiger partial charge in [-0.15, -0.1) is 0 Å². The predicted octanol–water partition coefficient (Wildman–Crippen LogP) is 13.4. The molecule has 0 N–H and O–H groups in total. The van der Waals surface area contributed by atoms with E-state index in [4.69, 9.17) is 19.9 Å². The van der Waals surface area contributed by atoms with Crippen LogP contribution in [0.15, 0.2) is 219 Å². The largest absolute Gasteiger partial charge is 0.291 e. The molecule has 0 bridgehead atoms. The second-order valence-corrected chi connectivity index (χ2v) is 14.9. The Morgan fingerprint density at radius 1 is 0.311 bits per heavy atom. The van der Waals surface area contributed by atoms with Crippen LogP contribution in [0.1, 0.15) is 0 Å². The van der Waals surface area contributed by atoms with E-state index in [0.717, 1.165) is 72.7 Å². The van der Waals surface area contributed by atoms with Crippen molar-refractivity contribution in [3.05, 3.63) is 219 Å². The predicted molar refractivity (Wildman–Crippen MR) is 248 cm³/mol. The van der Waals surface area contributed by atoms with Crippen molar-refractivity contribution in [2.45, 2.75) is 0 Å². The first-order valence-electron chi connectivity index (χ1n) is 20.3. The average Bonchev–Trinajstić information content (AvgIpc) is 3.74. The SMILES string of the molecule is c1ccc(-c2nc(-c3ccc(-c4ccc(-c5ccc(-n6c(-c7ccccn7)nc7ccccc76)cc5)c5ccccc45)cc3)nc(-c3ccccc3-c3ccccc3)n2)cc1.